The Morgan fingerprint density at radius 3 is 1.90 bits per heavy atom. The quantitative estimate of drug-likeness (QED) is 0.198. The highest BCUT2D eigenvalue weighted by molar-refractivity contribution is 8.00. The molecule has 2 heterocycles. The van der Waals surface area contributed by atoms with Crippen LogP contribution in [0.15, 0.2) is 0 Å². The number of ether oxygens (including phenoxy) is 2. The highest BCUT2D eigenvalue weighted by Gasteiger charge is 2.50. The van der Waals surface area contributed by atoms with Crippen LogP contribution in [0.25, 0.3) is 0 Å². The molecule has 0 bridgehead atoms. The van der Waals surface area contributed by atoms with Crippen LogP contribution in [0.3, 0.4) is 0 Å². The average Bonchev–Trinajstić information content (AvgIpc) is 2.65. The minimum absolute atomic E-state index is 0.511. The minimum Gasteiger partial charge on any atom is -0.394 e. The zero-order chi connectivity index (χ0) is 21.9. The Balaban J connectivity index is 2.26. The monoisotopic (exact) mass is 440 g/mol. The van der Waals surface area contributed by atoms with Crippen LogP contribution in [-0.4, -0.2) is 115 Å². The molecule has 0 radical (unpaired) electrons. The van der Waals surface area contributed by atoms with E-state index in [0.717, 1.165) is 11.8 Å². The highest BCUT2D eigenvalue weighted by Crippen LogP contribution is 2.37. The summed E-state index contributed by atoms with van der Waals surface area (Å²) in [6, 6.07) is -2.30. The van der Waals surface area contributed by atoms with Crippen molar-refractivity contribution in [1.29, 1.82) is 0 Å². The van der Waals surface area contributed by atoms with Gasteiger partial charge in [0.1, 0.15) is 29.8 Å². The summed E-state index contributed by atoms with van der Waals surface area (Å²) < 4.78 is 10.9. The third-order valence-electron chi connectivity index (χ3n) is 4.78. The van der Waals surface area contributed by atoms with Gasteiger partial charge >= 0.3 is 0 Å². The van der Waals surface area contributed by atoms with E-state index >= 15 is 0 Å². The van der Waals surface area contributed by atoms with Crippen LogP contribution in [0.4, 0.5) is 0 Å². The van der Waals surface area contributed by atoms with Crippen LogP contribution in [0.1, 0.15) is 13.8 Å². The summed E-state index contributed by atoms with van der Waals surface area (Å²) in [6.07, 6.45) is -8.12. The molecule has 8 N–H and O–H groups in total. The SMILES string of the molecule is CC(=O)N[C@@H]1[C@@H](O)[C@H](O)[C@@H](CO)O[C@H]1S[C@H]1[C@H](O)[C@@H](NC(C)=O)C(O)O[C@@H]1CO. The van der Waals surface area contributed by atoms with Crippen LogP contribution in [0.2, 0.25) is 0 Å². The molecule has 0 aromatic carbocycles. The number of carbonyl (C=O) groups excluding carboxylic acids is 2. The van der Waals surface area contributed by atoms with Crippen LogP contribution in [-0.2, 0) is 19.1 Å². The molecule has 2 fully saturated rings. The van der Waals surface area contributed by atoms with Crippen molar-refractivity contribution in [2.24, 2.45) is 0 Å². The Kier molecular flexibility index (Phi) is 8.63. The summed E-state index contributed by atoms with van der Waals surface area (Å²) in [6.45, 7) is 1.21. The Bertz CT molecular complexity index is 584. The zero-order valence-electron chi connectivity index (χ0n) is 15.9. The second-order valence-electron chi connectivity index (χ2n) is 7.00. The standard InChI is InChI=1S/C16H28N2O10S/c1-5(21)17-9-13(25)14(8(4-20)27-15(9)26)29-16-10(18-6(2)22)12(24)11(23)7(3-19)28-16/h7-16,19-20,23-26H,3-4H2,1-2H3,(H,17,21)(H,18,22)/t7-,8-,9-,10-,11-,12-,13-,14-,15?,16+/m1/s1. The van der Waals surface area contributed by atoms with Gasteiger partial charge in [-0.15, -0.1) is 11.8 Å². The maximum atomic E-state index is 11.5. The molecule has 0 aromatic heterocycles. The number of nitrogens with one attached hydrogen (secondary N) is 2. The molecule has 2 amide bonds. The Morgan fingerprint density at radius 2 is 1.38 bits per heavy atom. The van der Waals surface area contributed by atoms with Gasteiger partial charge in [-0.25, -0.2) is 0 Å². The molecule has 10 atom stereocenters. The fourth-order valence-electron chi connectivity index (χ4n) is 3.38. The summed E-state index contributed by atoms with van der Waals surface area (Å²) in [5, 5.41) is 64.1. The first-order valence-electron chi connectivity index (χ1n) is 9.05. The summed E-state index contributed by atoms with van der Waals surface area (Å²) in [5.74, 6) is -1.03. The van der Waals surface area contributed by atoms with E-state index in [-0.39, 0.29) is 0 Å². The molecule has 2 rings (SSSR count). The summed E-state index contributed by atoms with van der Waals surface area (Å²) >= 11 is 0.874. The van der Waals surface area contributed by atoms with Gasteiger partial charge in [-0.05, 0) is 0 Å². The third-order valence-corrected chi connectivity index (χ3v) is 6.35. The third kappa shape index (κ3) is 5.57. The summed E-state index contributed by atoms with van der Waals surface area (Å²) in [4.78, 5) is 22.9. The van der Waals surface area contributed by atoms with Crippen molar-refractivity contribution in [2.45, 2.75) is 73.4 Å². The van der Waals surface area contributed by atoms with E-state index in [1.54, 1.807) is 0 Å². The number of hydrogen-bond donors (Lipinski definition) is 8. The number of hydrogen-bond acceptors (Lipinski definition) is 11. The number of aliphatic hydroxyl groups is 6. The van der Waals surface area contributed by atoms with Gasteiger partial charge in [-0.3, -0.25) is 9.59 Å². The highest BCUT2D eigenvalue weighted by atomic mass is 32.2. The predicted octanol–water partition coefficient (Wildman–Crippen LogP) is -4.39. The lowest BCUT2D eigenvalue weighted by Crippen LogP contribution is -2.66. The lowest BCUT2D eigenvalue weighted by molar-refractivity contribution is -0.212. The number of rotatable bonds is 6. The first-order chi connectivity index (χ1) is 13.6. The van der Waals surface area contributed by atoms with Gasteiger partial charge in [0.25, 0.3) is 0 Å². The van der Waals surface area contributed by atoms with E-state index in [1.165, 1.54) is 13.8 Å². The van der Waals surface area contributed by atoms with Gasteiger partial charge in [-0.2, -0.15) is 0 Å². The lowest BCUT2D eigenvalue weighted by atomic mass is 9.98. The molecule has 2 aliphatic heterocycles. The predicted molar refractivity (Wildman–Crippen MR) is 98.3 cm³/mol. The van der Waals surface area contributed by atoms with E-state index in [9.17, 15) is 40.2 Å². The molecule has 2 aliphatic rings. The van der Waals surface area contributed by atoms with E-state index in [1.807, 2.05) is 0 Å². The van der Waals surface area contributed by atoms with Crippen molar-refractivity contribution in [3.63, 3.8) is 0 Å². The fraction of sp³-hybridized carbons (Fsp3) is 0.875. The van der Waals surface area contributed by atoms with Gasteiger partial charge in [0.05, 0.1) is 36.7 Å². The molecule has 29 heavy (non-hydrogen) atoms. The molecular weight excluding hydrogens is 412 g/mol. The number of carbonyl (C=O) groups is 2. The van der Waals surface area contributed by atoms with Crippen molar-refractivity contribution in [3.8, 4) is 0 Å². The van der Waals surface area contributed by atoms with Crippen LogP contribution >= 0.6 is 11.8 Å². The van der Waals surface area contributed by atoms with Gasteiger partial charge in [0.15, 0.2) is 6.29 Å². The average molecular weight is 440 g/mol. The normalized spacial score (nSPS) is 42.9. The first kappa shape index (κ1) is 24.2. The number of aliphatic hydroxyl groups excluding tert-OH is 6. The molecule has 13 heteroatoms. The van der Waals surface area contributed by atoms with Gasteiger partial charge in [0, 0.05) is 13.8 Å². The Morgan fingerprint density at radius 1 is 0.828 bits per heavy atom. The molecule has 0 spiro atoms. The summed E-state index contributed by atoms with van der Waals surface area (Å²) in [5.41, 5.74) is -1.06. The van der Waals surface area contributed by atoms with E-state index in [4.69, 9.17) is 9.47 Å². The zero-order valence-corrected chi connectivity index (χ0v) is 16.7. The van der Waals surface area contributed by atoms with Crippen molar-refractivity contribution in [3.05, 3.63) is 0 Å². The van der Waals surface area contributed by atoms with Crippen LogP contribution in [0.5, 0.6) is 0 Å². The maximum absolute atomic E-state index is 11.5. The van der Waals surface area contributed by atoms with Crippen LogP contribution in [0, 0.1) is 0 Å². The molecule has 0 saturated carbocycles. The molecule has 168 valence electrons. The van der Waals surface area contributed by atoms with Gasteiger partial charge in [-0.1, -0.05) is 0 Å². The van der Waals surface area contributed by atoms with E-state index in [2.05, 4.69) is 10.6 Å². The molecule has 0 aliphatic carbocycles. The van der Waals surface area contributed by atoms with Crippen molar-refractivity contribution in [2.75, 3.05) is 13.2 Å². The number of thioether (sulfide) groups is 1. The first-order valence-corrected chi connectivity index (χ1v) is 9.99. The molecule has 0 aromatic rings. The topological polar surface area (TPSA) is 198 Å². The molecule has 12 nitrogen and oxygen atoms in total. The Labute approximate surface area is 171 Å². The van der Waals surface area contributed by atoms with Gasteiger partial charge < -0.3 is 50.7 Å². The molecule has 2 saturated heterocycles. The molecular formula is C16H28N2O10S. The van der Waals surface area contributed by atoms with Crippen molar-refractivity contribution < 1.29 is 49.7 Å². The van der Waals surface area contributed by atoms with Crippen LogP contribution < -0.4 is 10.6 Å². The van der Waals surface area contributed by atoms with Gasteiger partial charge in [0.2, 0.25) is 11.8 Å². The number of amides is 2. The second-order valence-corrected chi connectivity index (χ2v) is 8.28. The lowest BCUT2D eigenvalue weighted by Gasteiger charge is -2.47. The van der Waals surface area contributed by atoms with Crippen molar-refractivity contribution in [1.82, 2.24) is 10.6 Å². The Hall–Kier alpha value is -1.03. The van der Waals surface area contributed by atoms with E-state index < -0.39 is 84.6 Å². The second kappa shape index (κ2) is 10.3. The maximum Gasteiger partial charge on any atom is 0.217 e. The smallest absolute Gasteiger partial charge is 0.217 e. The minimum atomic E-state index is -1.57. The van der Waals surface area contributed by atoms with Crippen molar-refractivity contribution >= 4 is 23.6 Å². The van der Waals surface area contributed by atoms with E-state index in [0.29, 0.717) is 0 Å². The summed E-state index contributed by atoms with van der Waals surface area (Å²) in [7, 11) is 0. The molecule has 1 unspecified atom stereocenters. The fourth-order valence-corrected chi connectivity index (χ4v) is 4.95. The largest absolute Gasteiger partial charge is 0.394 e.